The molecule has 112 valence electrons. The van der Waals surface area contributed by atoms with E-state index in [4.69, 9.17) is 5.11 Å². The number of carbonyl (C=O) groups excluding carboxylic acids is 1. The van der Waals surface area contributed by atoms with E-state index in [1.807, 2.05) is 0 Å². The van der Waals surface area contributed by atoms with Crippen LogP contribution in [0.3, 0.4) is 0 Å². The Labute approximate surface area is 121 Å². The summed E-state index contributed by atoms with van der Waals surface area (Å²) in [5.41, 5.74) is -0.222. The van der Waals surface area contributed by atoms with Crippen LogP contribution in [0.15, 0.2) is 30.4 Å². The fraction of sp³-hybridized carbons (Fsp3) is 0.333. The highest BCUT2D eigenvalue weighted by molar-refractivity contribution is 5.93. The largest absolute Gasteiger partial charge is 0.478 e. The van der Waals surface area contributed by atoms with Gasteiger partial charge in [0.15, 0.2) is 0 Å². The van der Waals surface area contributed by atoms with Crippen molar-refractivity contribution in [2.24, 2.45) is 5.92 Å². The molecule has 0 heterocycles. The van der Waals surface area contributed by atoms with Crippen LogP contribution in [0.4, 0.5) is 14.9 Å². The van der Waals surface area contributed by atoms with Gasteiger partial charge in [0.1, 0.15) is 5.82 Å². The summed E-state index contributed by atoms with van der Waals surface area (Å²) >= 11 is 0. The van der Waals surface area contributed by atoms with Crippen LogP contribution in [0, 0.1) is 11.7 Å². The van der Waals surface area contributed by atoms with Gasteiger partial charge >= 0.3 is 12.0 Å². The summed E-state index contributed by atoms with van der Waals surface area (Å²) in [6, 6.07) is 3.02. The number of nitrogens with one attached hydrogen (secondary N) is 2. The van der Waals surface area contributed by atoms with Crippen molar-refractivity contribution in [2.45, 2.75) is 19.3 Å². The third-order valence-corrected chi connectivity index (χ3v) is 3.38. The number of amides is 2. The summed E-state index contributed by atoms with van der Waals surface area (Å²) in [6.07, 6.45) is 7.24. The van der Waals surface area contributed by atoms with Gasteiger partial charge in [0, 0.05) is 12.2 Å². The van der Waals surface area contributed by atoms with Crippen LogP contribution in [-0.4, -0.2) is 23.7 Å². The quantitative estimate of drug-likeness (QED) is 0.746. The van der Waals surface area contributed by atoms with Crippen molar-refractivity contribution in [3.8, 4) is 0 Å². The van der Waals surface area contributed by atoms with E-state index in [2.05, 4.69) is 22.8 Å². The lowest BCUT2D eigenvalue weighted by atomic mass is 9.94. The molecule has 5 nitrogen and oxygen atoms in total. The monoisotopic (exact) mass is 292 g/mol. The fourth-order valence-electron chi connectivity index (χ4n) is 2.22. The lowest BCUT2D eigenvalue weighted by Crippen LogP contribution is -2.33. The maximum atomic E-state index is 13.2. The predicted octanol–water partition coefficient (Wildman–Crippen LogP) is 3.00. The SMILES string of the molecule is O=C(NCC1CC=CCC1)Nc1ccc(F)c(C(=O)O)c1. The summed E-state index contributed by atoms with van der Waals surface area (Å²) in [5, 5.41) is 14.1. The Morgan fingerprint density at radius 3 is 2.81 bits per heavy atom. The molecule has 3 N–H and O–H groups in total. The van der Waals surface area contributed by atoms with Gasteiger partial charge in [0.05, 0.1) is 5.56 Å². The molecule has 1 aliphatic rings. The number of rotatable bonds is 4. The van der Waals surface area contributed by atoms with Crippen LogP contribution in [0.25, 0.3) is 0 Å². The summed E-state index contributed by atoms with van der Waals surface area (Å²) in [7, 11) is 0. The summed E-state index contributed by atoms with van der Waals surface area (Å²) in [4.78, 5) is 22.6. The zero-order valence-electron chi connectivity index (χ0n) is 11.4. The summed E-state index contributed by atoms with van der Waals surface area (Å²) in [6.45, 7) is 0.559. The second-order valence-corrected chi connectivity index (χ2v) is 4.99. The number of carboxylic acids is 1. The molecular weight excluding hydrogens is 275 g/mol. The van der Waals surface area contributed by atoms with Gasteiger partial charge in [0.25, 0.3) is 0 Å². The average Bonchev–Trinajstić information content (AvgIpc) is 2.48. The molecule has 1 aromatic rings. The molecule has 1 aromatic carbocycles. The third-order valence-electron chi connectivity index (χ3n) is 3.38. The molecule has 1 unspecified atom stereocenters. The first kappa shape index (κ1) is 15.0. The Bertz CT molecular complexity index is 572. The molecule has 2 rings (SSSR count). The van der Waals surface area contributed by atoms with Gasteiger partial charge in [-0.2, -0.15) is 0 Å². The van der Waals surface area contributed by atoms with Crippen molar-refractivity contribution < 1.29 is 19.1 Å². The predicted molar refractivity (Wildman–Crippen MR) is 76.9 cm³/mol. The van der Waals surface area contributed by atoms with Gasteiger partial charge in [0.2, 0.25) is 0 Å². The van der Waals surface area contributed by atoms with E-state index in [0.717, 1.165) is 31.4 Å². The van der Waals surface area contributed by atoms with Crippen LogP contribution in [-0.2, 0) is 0 Å². The Hall–Kier alpha value is -2.37. The highest BCUT2D eigenvalue weighted by Crippen LogP contribution is 2.17. The van der Waals surface area contributed by atoms with Crippen LogP contribution < -0.4 is 10.6 Å². The minimum absolute atomic E-state index is 0.245. The van der Waals surface area contributed by atoms with E-state index in [9.17, 15) is 14.0 Å². The Morgan fingerprint density at radius 2 is 2.14 bits per heavy atom. The van der Waals surface area contributed by atoms with Gasteiger partial charge in [-0.15, -0.1) is 0 Å². The van der Waals surface area contributed by atoms with E-state index in [0.29, 0.717) is 12.5 Å². The molecule has 0 spiro atoms. The minimum Gasteiger partial charge on any atom is -0.478 e. The molecule has 0 fully saturated rings. The number of carbonyl (C=O) groups is 2. The van der Waals surface area contributed by atoms with Crippen molar-refractivity contribution in [2.75, 3.05) is 11.9 Å². The molecule has 1 atom stereocenters. The second-order valence-electron chi connectivity index (χ2n) is 4.99. The Morgan fingerprint density at radius 1 is 1.33 bits per heavy atom. The maximum Gasteiger partial charge on any atom is 0.338 e. The number of carboxylic acid groups (broad SMARTS) is 1. The Kier molecular flexibility index (Phi) is 4.92. The summed E-state index contributed by atoms with van der Waals surface area (Å²) in [5.74, 6) is -1.78. The molecule has 6 heteroatoms. The standard InChI is InChI=1S/C15H17FN2O3/c16-13-7-6-11(8-12(13)14(19)20)18-15(21)17-9-10-4-2-1-3-5-10/h1-2,6-8,10H,3-5,9H2,(H,19,20)(H2,17,18,21). The van der Waals surface area contributed by atoms with E-state index >= 15 is 0 Å². The maximum absolute atomic E-state index is 13.2. The van der Waals surface area contributed by atoms with E-state index < -0.39 is 23.4 Å². The molecule has 0 radical (unpaired) electrons. The smallest absolute Gasteiger partial charge is 0.338 e. The second kappa shape index (κ2) is 6.88. The molecule has 2 amide bonds. The first-order valence-electron chi connectivity index (χ1n) is 6.79. The molecule has 0 saturated carbocycles. The normalized spacial score (nSPS) is 17.3. The first-order valence-corrected chi connectivity index (χ1v) is 6.79. The third kappa shape index (κ3) is 4.30. The highest BCUT2D eigenvalue weighted by Gasteiger charge is 2.13. The molecular formula is C15H17FN2O3. The number of aromatic carboxylic acids is 1. The molecule has 0 saturated heterocycles. The molecule has 21 heavy (non-hydrogen) atoms. The number of benzene rings is 1. The van der Waals surface area contributed by atoms with Crippen molar-refractivity contribution >= 4 is 17.7 Å². The highest BCUT2D eigenvalue weighted by atomic mass is 19.1. The van der Waals surface area contributed by atoms with Crippen molar-refractivity contribution in [3.05, 3.63) is 41.7 Å². The number of anilines is 1. The zero-order valence-corrected chi connectivity index (χ0v) is 11.4. The van der Waals surface area contributed by atoms with Crippen LogP contribution in [0.1, 0.15) is 29.6 Å². The van der Waals surface area contributed by atoms with Crippen LogP contribution >= 0.6 is 0 Å². The van der Waals surface area contributed by atoms with E-state index in [1.165, 1.54) is 6.07 Å². The average molecular weight is 292 g/mol. The van der Waals surface area contributed by atoms with Crippen molar-refractivity contribution in [1.29, 1.82) is 0 Å². The molecule has 1 aliphatic carbocycles. The van der Waals surface area contributed by atoms with Gasteiger partial charge in [-0.05, 0) is 43.4 Å². The van der Waals surface area contributed by atoms with Crippen LogP contribution in [0.5, 0.6) is 0 Å². The van der Waals surface area contributed by atoms with Crippen LogP contribution in [0.2, 0.25) is 0 Å². The minimum atomic E-state index is -1.37. The lowest BCUT2D eigenvalue weighted by Gasteiger charge is -2.18. The number of allylic oxidation sites excluding steroid dienone is 2. The van der Waals surface area contributed by atoms with Gasteiger partial charge in [-0.3, -0.25) is 0 Å². The van der Waals surface area contributed by atoms with Gasteiger partial charge in [-0.1, -0.05) is 12.2 Å². The number of urea groups is 1. The lowest BCUT2D eigenvalue weighted by molar-refractivity contribution is 0.0692. The molecule has 0 bridgehead atoms. The van der Waals surface area contributed by atoms with E-state index in [-0.39, 0.29) is 5.69 Å². The summed E-state index contributed by atoms with van der Waals surface area (Å²) < 4.78 is 13.2. The van der Waals surface area contributed by atoms with Gasteiger partial charge in [-0.25, -0.2) is 14.0 Å². The Balaban J connectivity index is 1.89. The van der Waals surface area contributed by atoms with Crippen molar-refractivity contribution in [3.63, 3.8) is 0 Å². The van der Waals surface area contributed by atoms with Crippen molar-refractivity contribution in [1.82, 2.24) is 5.32 Å². The number of halogens is 1. The number of hydrogen-bond acceptors (Lipinski definition) is 2. The number of hydrogen-bond donors (Lipinski definition) is 3. The molecule has 0 aromatic heterocycles. The fourth-order valence-corrected chi connectivity index (χ4v) is 2.22. The molecule has 0 aliphatic heterocycles. The van der Waals surface area contributed by atoms with E-state index in [1.54, 1.807) is 0 Å². The topological polar surface area (TPSA) is 78.4 Å². The zero-order chi connectivity index (χ0) is 15.2. The first-order chi connectivity index (χ1) is 10.1. The van der Waals surface area contributed by atoms with Gasteiger partial charge < -0.3 is 15.7 Å².